The number of hydrogen-bond donors (Lipinski definition) is 2. The van der Waals surface area contributed by atoms with E-state index in [2.05, 4.69) is 25.6 Å². The van der Waals surface area contributed by atoms with Crippen LogP contribution in [0.15, 0.2) is 42.6 Å². The molecule has 0 aliphatic rings. The van der Waals surface area contributed by atoms with E-state index in [0.29, 0.717) is 23.2 Å². The Kier molecular flexibility index (Phi) is 5.66. The zero-order valence-electron chi connectivity index (χ0n) is 15.4. The van der Waals surface area contributed by atoms with Crippen LogP contribution in [0.5, 0.6) is 0 Å². The highest BCUT2D eigenvalue weighted by molar-refractivity contribution is 6.33. The van der Waals surface area contributed by atoms with Crippen molar-refractivity contribution >= 4 is 29.0 Å². The second-order valence-corrected chi connectivity index (χ2v) is 6.66. The first-order valence-corrected chi connectivity index (χ1v) is 8.88. The topological polar surface area (TPSA) is 79.8 Å². The standard InChI is InChI=1S/C20H20ClN5O/c1-12-8-13(2)19(16(21)9-12)26-18-10-17(24-14(3)25-18)20(27)23-11-15-6-4-5-7-22-15/h4-10H,11H2,1-3H3,(H,23,27)(H,24,25,26). The van der Waals surface area contributed by atoms with Gasteiger partial charge in [0.25, 0.3) is 5.91 Å². The van der Waals surface area contributed by atoms with Crippen LogP contribution in [0.1, 0.15) is 33.1 Å². The molecule has 0 saturated carbocycles. The lowest BCUT2D eigenvalue weighted by Gasteiger charge is -2.13. The molecule has 6 nitrogen and oxygen atoms in total. The van der Waals surface area contributed by atoms with Gasteiger partial charge in [-0.15, -0.1) is 0 Å². The minimum atomic E-state index is -0.291. The Balaban J connectivity index is 1.79. The maximum atomic E-state index is 12.5. The van der Waals surface area contributed by atoms with Crippen molar-refractivity contribution in [2.75, 3.05) is 5.32 Å². The largest absolute Gasteiger partial charge is 0.345 e. The molecule has 1 aromatic carbocycles. The highest BCUT2D eigenvalue weighted by Crippen LogP contribution is 2.29. The van der Waals surface area contributed by atoms with Gasteiger partial charge in [-0.05, 0) is 50.1 Å². The van der Waals surface area contributed by atoms with Gasteiger partial charge in [0.15, 0.2) is 0 Å². The molecule has 7 heteroatoms. The average Bonchev–Trinajstić information content (AvgIpc) is 2.63. The number of anilines is 2. The lowest BCUT2D eigenvalue weighted by atomic mass is 10.1. The quantitative estimate of drug-likeness (QED) is 0.694. The molecule has 0 unspecified atom stereocenters. The number of nitrogens with one attached hydrogen (secondary N) is 2. The summed E-state index contributed by atoms with van der Waals surface area (Å²) in [6, 6.07) is 11.1. The Morgan fingerprint density at radius 2 is 1.93 bits per heavy atom. The Bertz CT molecular complexity index is 952. The van der Waals surface area contributed by atoms with Gasteiger partial charge in [0.05, 0.1) is 22.9 Å². The summed E-state index contributed by atoms with van der Waals surface area (Å²) in [4.78, 5) is 25.2. The van der Waals surface area contributed by atoms with Crippen molar-refractivity contribution in [1.82, 2.24) is 20.3 Å². The Morgan fingerprint density at radius 3 is 2.63 bits per heavy atom. The first-order valence-electron chi connectivity index (χ1n) is 8.50. The lowest BCUT2D eigenvalue weighted by Crippen LogP contribution is -2.24. The van der Waals surface area contributed by atoms with E-state index in [-0.39, 0.29) is 11.6 Å². The summed E-state index contributed by atoms with van der Waals surface area (Å²) < 4.78 is 0. The molecule has 3 rings (SSSR count). The minimum Gasteiger partial charge on any atom is -0.345 e. The van der Waals surface area contributed by atoms with Crippen LogP contribution >= 0.6 is 11.6 Å². The summed E-state index contributed by atoms with van der Waals surface area (Å²) in [5, 5.41) is 6.62. The lowest BCUT2D eigenvalue weighted by molar-refractivity contribution is 0.0945. The highest BCUT2D eigenvalue weighted by Gasteiger charge is 2.13. The fourth-order valence-corrected chi connectivity index (χ4v) is 3.08. The van der Waals surface area contributed by atoms with E-state index in [1.165, 1.54) is 0 Å². The fraction of sp³-hybridized carbons (Fsp3) is 0.200. The second kappa shape index (κ2) is 8.14. The first-order chi connectivity index (χ1) is 12.9. The van der Waals surface area contributed by atoms with Gasteiger partial charge >= 0.3 is 0 Å². The van der Waals surface area contributed by atoms with E-state index >= 15 is 0 Å². The summed E-state index contributed by atoms with van der Waals surface area (Å²) in [6.45, 7) is 6.02. The summed E-state index contributed by atoms with van der Waals surface area (Å²) in [5.41, 5.74) is 3.90. The van der Waals surface area contributed by atoms with Crippen molar-refractivity contribution in [2.24, 2.45) is 0 Å². The van der Waals surface area contributed by atoms with Crippen molar-refractivity contribution in [3.8, 4) is 0 Å². The molecule has 2 N–H and O–H groups in total. The van der Waals surface area contributed by atoms with Crippen LogP contribution in [0.3, 0.4) is 0 Å². The number of carbonyl (C=O) groups is 1. The van der Waals surface area contributed by atoms with Crippen LogP contribution in [0.4, 0.5) is 11.5 Å². The number of nitrogens with zero attached hydrogens (tertiary/aromatic N) is 3. The molecule has 138 valence electrons. The molecule has 0 fully saturated rings. The van der Waals surface area contributed by atoms with Gasteiger partial charge in [-0.25, -0.2) is 9.97 Å². The monoisotopic (exact) mass is 381 g/mol. The number of aryl methyl sites for hydroxylation is 3. The molecule has 2 heterocycles. The van der Waals surface area contributed by atoms with Crippen LogP contribution in [-0.2, 0) is 6.54 Å². The zero-order chi connectivity index (χ0) is 19.4. The van der Waals surface area contributed by atoms with Crippen LogP contribution in [0.25, 0.3) is 0 Å². The van der Waals surface area contributed by atoms with Gasteiger partial charge in [0.2, 0.25) is 0 Å². The van der Waals surface area contributed by atoms with Gasteiger partial charge in [0.1, 0.15) is 17.3 Å². The first kappa shape index (κ1) is 18.8. The molecule has 0 radical (unpaired) electrons. The third kappa shape index (κ3) is 4.80. The Morgan fingerprint density at radius 1 is 1.11 bits per heavy atom. The molecule has 0 spiro atoms. The smallest absolute Gasteiger partial charge is 0.270 e. The molecule has 3 aromatic rings. The summed E-state index contributed by atoms with van der Waals surface area (Å²) in [6.07, 6.45) is 1.69. The Labute approximate surface area is 163 Å². The van der Waals surface area contributed by atoms with E-state index in [1.807, 2.05) is 44.2 Å². The molecule has 1 amide bonds. The molecule has 0 atom stereocenters. The Hall–Kier alpha value is -2.99. The van der Waals surface area contributed by atoms with Gasteiger partial charge in [-0.3, -0.25) is 9.78 Å². The van der Waals surface area contributed by atoms with E-state index in [9.17, 15) is 4.79 Å². The van der Waals surface area contributed by atoms with Gasteiger partial charge in [-0.1, -0.05) is 23.7 Å². The van der Waals surface area contributed by atoms with Crippen LogP contribution < -0.4 is 10.6 Å². The predicted molar refractivity (Wildman–Crippen MR) is 106 cm³/mol. The molecule has 0 saturated heterocycles. The number of amides is 1. The van der Waals surface area contributed by atoms with E-state index in [4.69, 9.17) is 11.6 Å². The second-order valence-electron chi connectivity index (χ2n) is 6.25. The van der Waals surface area contributed by atoms with Gasteiger partial charge < -0.3 is 10.6 Å². The van der Waals surface area contributed by atoms with Crippen molar-refractivity contribution in [1.29, 1.82) is 0 Å². The van der Waals surface area contributed by atoms with Crippen LogP contribution in [0, 0.1) is 20.8 Å². The average molecular weight is 382 g/mol. The number of rotatable bonds is 5. The number of pyridine rings is 1. The molecule has 0 bridgehead atoms. The van der Waals surface area contributed by atoms with Gasteiger partial charge in [-0.2, -0.15) is 0 Å². The van der Waals surface area contributed by atoms with E-state index < -0.39 is 0 Å². The van der Waals surface area contributed by atoms with Crippen molar-refractivity contribution < 1.29 is 4.79 Å². The number of benzene rings is 1. The maximum absolute atomic E-state index is 12.5. The summed E-state index contributed by atoms with van der Waals surface area (Å²) >= 11 is 6.35. The SMILES string of the molecule is Cc1cc(C)c(Nc2cc(C(=O)NCc3ccccn3)nc(C)n2)c(Cl)c1. The van der Waals surface area contributed by atoms with Gasteiger partial charge in [0, 0.05) is 12.3 Å². The van der Waals surface area contributed by atoms with Crippen molar-refractivity contribution in [2.45, 2.75) is 27.3 Å². The third-order valence-electron chi connectivity index (χ3n) is 3.91. The zero-order valence-corrected chi connectivity index (χ0v) is 16.1. The van der Waals surface area contributed by atoms with Crippen molar-refractivity contribution in [3.63, 3.8) is 0 Å². The molecular formula is C20H20ClN5O. The highest BCUT2D eigenvalue weighted by atomic mass is 35.5. The molecule has 0 aliphatic heterocycles. The van der Waals surface area contributed by atoms with E-state index in [1.54, 1.807) is 19.2 Å². The normalized spacial score (nSPS) is 10.5. The summed E-state index contributed by atoms with van der Waals surface area (Å²) in [7, 11) is 0. The minimum absolute atomic E-state index is 0.279. The van der Waals surface area contributed by atoms with Crippen molar-refractivity contribution in [3.05, 3.63) is 76.0 Å². The molecule has 27 heavy (non-hydrogen) atoms. The predicted octanol–water partition coefficient (Wildman–Crippen LogP) is 4.12. The third-order valence-corrected chi connectivity index (χ3v) is 4.21. The maximum Gasteiger partial charge on any atom is 0.270 e. The molecule has 2 aromatic heterocycles. The number of halogens is 1. The van der Waals surface area contributed by atoms with Crippen LogP contribution in [-0.4, -0.2) is 20.9 Å². The molecular weight excluding hydrogens is 362 g/mol. The summed E-state index contributed by atoms with van der Waals surface area (Å²) in [5.74, 6) is 0.712. The number of hydrogen-bond acceptors (Lipinski definition) is 5. The van der Waals surface area contributed by atoms with E-state index in [0.717, 1.165) is 22.5 Å². The number of aromatic nitrogens is 3. The number of carbonyl (C=O) groups excluding carboxylic acids is 1. The van der Waals surface area contributed by atoms with Crippen LogP contribution in [0.2, 0.25) is 5.02 Å². The fourth-order valence-electron chi connectivity index (χ4n) is 2.71. The molecule has 0 aliphatic carbocycles.